The summed E-state index contributed by atoms with van der Waals surface area (Å²) >= 11 is 0. The molecule has 0 saturated carbocycles. The van der Waals surface area contributed by atoms with Gasteiger partial charge in [-0.05, 0) is 19.8 Å². The summed E-state index contributed by atoms with van der Waals surface area (Å²) in [6, 6.07) is 0. The van der Waals surface area contributed by atoms with E-state index in [1.165, 1.54) is 0 Å². The third kappa shape index (κ3) is 3.25. The van der Waals surface area contributed by atoms with Crippen LogP contribution in [0.2, 0.25) is 0 Å². The van der Waals surface area contributed by atoms with Gasteiger partial charge in [0.2, 0.25) is 0 Å². The smallest absolute Gasteiger partial charge is 0.373 e. The fourth-order valence-electron chi connectivity index (χ4n) is 1.15. The molecule has 0 bridgehead atoms. The highest BCUT2D eigenvalue weighted by molar-refractivity contribution is 7.32. The highest BCUT2D eigenvalue weighted by Crippen LogP contribution is 2.23. The van der Waals surface area contributed by atoms with Crippen molar-refractivity contribution in [2.75, 3.05) is 6.61 Å². The average Bonchev–Trinajstić information content (AvgIpc) is 2.31. The first kappa shape index (κ1) is 9.07. The summed E-state index contributed by atoms with van der Waals surface area (Å²) in [5.74, 6) is 0. The fourth-order valence-corrected chi connectivity index (χ4v) is 1.45. The molecule has 0 aromatic rings. The van der Waals surface area contributed by atoms with Crippen LogP contribution in [-0.2, 0) is 13.8 Å². The van der Waals surface area contributed by atoms with Crippen LogP contribution in [0.1, 0.15) is 19.8 Å². The Morgan fingerprint density at radius 1 is 1.73 bits per heavy atom. The standard InChI is InChI=1S/C6H11O4P/c1-5-2-3-6(10-5)4-9-11(7)8/h5-6H,2-4H2,1H3/p+1. The Bertz CT molecular complexity index is 150. The molecule has 3 atom stereocenters. The molecule has 0 amide bonds. The van der Waals surface area contributed by atoms with Gasteiger partial charge in [-0.1, -0.05) is 0 Å². The minimum Gasteiger partial charge on any atom is -0.373 e. The molecular formula is C6H12O4P+. The van der Waals surface area contributed by atoms with E-state index in [-0.39, 0.29) is 18.8 Å². The second-order valence-electron chi connectivity index (χ2n) is 2.68. The van der Waals surface area contributed by atoms with Gasteiger partial charge < -0.3 is 4.74 Å². The predicted octanol–water partition coefficient (Wildman–Crippen LogP) is 1.22. The highest BCUT2D eigenvalue weighted by Gasteiger charge is 2.25. The molecule has 1 saturated heterocycles. The highest BCUT2D eigenvalue weighted by atomic mass is 31.1. The van der Waals surface area contributed by atoms with Gasteiger partial charge in [0.1, 0.15) is 6.61 Å². The van der Waals surface area contributed by atoms with E-state index in [1.807, 2.05) is 6.92 Å². The Kier molecular flexibility index (Phi) is 3.40. The van der Waals surface area contributed by atoms with Crippen molar-refractivity contribution in [2.24, 2.45) is 0 Å². The van der Waals surface area contributed by atoms with Gasteiger partial charge in [0.15, 0.2) is 0 Å². The molecule has 0 aliphatic carbocycles. The maximum atomic E-state index is 10.1. The quantitative estimate of drug-likeness (QED) is 0.662. The van der Waals surface area contributed by atoms with E-state index in [2.05, 4.69) is 4.52 Å². The lowest BCUT2D eigenvalue weighted by atomic mass is 10.2. The second-order valence-corrected chi connectivity index (χ2v) is 3.41. The third-order valence-corrected chi connectivity index (χ3v) is 2.06. The van der Waals surface area contributed by atoms with E-state index in [0.717, 1.165) is 12.8 Å². The minimum absolute atomic E-state index is 0.0103. The van der Waals surface area contributed by atoms with Crippen LogP contribution in [0.15, 0.2) is 0 Å². The summed E-state index contributed by atoms with van der Waals surface area (Å²) in [6.07, 6.45) is 2.21. The largest absolute Gasteiger partial charge is 0.694 e. The van der Waals surface area contributed by atoms with Gasteiger partial charge in [0.05, 0.1) is 12.2 Å². The molecule has 1 aliphatic heterocycles. The molecule has 1 N–H and O–H groups in total. The normalized spacial score (nSPS) is 32.4. The number of ether oxygens (including phenoxy) is 1. The molecule has 1 aliphatic rings. The van der Waals surface area contributed by atoms with Gasteiger partial charge in [-0.2, -0.15) is 0 Å². The third-order valence-electron chi connectivity index (χ3n) is 1.69. The van der Waals surface area contributed by atoms with Gasteiger partial charge >= 0.3 is 8.25 Å². The van der Waals surface area contributed by atoms with E-state index >= 15 is 0 Å². The van der Waals surface area contributed by atoms with Crippen LogP contribution >= 0.6 is 8.25 Å². The first-order valence-corrected chi connectivity index (χ1v) is 4.76. The summed E-state index contributed by atoms with van der Waals surface area (Å²) in [4.78, 5) is 8.31. The summed E-state index contributed by atoms with van der Waals surface area (Å²) in [6.45, 7) is 2.22. The SMILES string of the molecule is CC1CCC(CO[P+](=O)O)O1. The first-order valence-electron chi connectivity index (χ1n) is 3.63. The van der Waals surface area contributed by atoms with E-state index in [9.17, 15) is 4.57 Å². The fraction of sp³-hybridized carbons (Fsp3) is 1.00. The zero-order chi connectivity index (χ0) is 8.27. The van der Waals surface area contributed by atoms with E-state index < -0.39 is 8.25 Å². The van der Waals surface area contributed by atoms with Crippen molar-refractivity contribution in [1.29, 1.82) is 0 Å². The van der Waals surface area contributed by atoms with Gasteiger partial charge in [0.25, 0.3) is 0 Å². The van der Waals surface area contributed by atoms with Gasteiger partial charge in [-0.15, -0.1) is 9.42 Å². The van der Waals surface area contributed by atoms with Gasteiger partial charge in [-0.3, -0.25) is 0 Å². The summed E-state index contributed by atoms with van der Waals surface area (Å²) in [5.41, 5.74) is 0. The molecule has 64 valence electrons. The molecule has 11 heavy (non-hydrogen) atoms. The van der Waals surface area contributed by atoms with Crippen LogP contribution in [0.4, 0.5) is 0 Å². The zero-order valence-electron chi connectivity index (χ0n) is 6.40. The van der Waals surface area contributed by atoms with Crippen LogP contribution in [0.5, 0.6) is 0 Å². The molecule has 1 heterocycles. The number of rotatable bonds is 3. The van der Waals surface area contributed by atoms with Crippen LogP contribution in [-0.4, -0.2) is 23.7 Å². The second kappa shape index (κ2) is 4.12. The first-order chi connectivity index (χ1) is 5.18. The lowest BCUT2D eigenvalue weighted by molar-refractivity contribution is 0.0257. The molecule has 0 spiro atoms. The van der Waals surface area contributed by atoms with Crippen molar-refractivity contribution in [3.63, 3.8) is 0 Å². The Morgan fingerprint density at radius 2 is 2.45 bits per heavy atom. The average molecular weight is 179 g/mol. The topological polar surface area (TPSA) is 55.8 Å². The predicted molar refractivity (Wildman–Crippen MR) is 39.3 cm³/mol. The lowest BCUT2D eigenvalue weighted by Gasteiger charge is -2.05. The van der Waals surface area contributed by atoms with Crippen LogP contribution < -0.4 is 0 Å². The van der Waals surface area contributed by atoms with Crippen molar-refractivity contribution < 1.29 is 18.7 Å². The van der Waals surface area contributed by atoms with Gasteiger partial charge in [0, 0.05) is 4.57 Å². The molecule has 1 fully saturated rings. The van der Waals surface area contributed by atoms with E-state index in [4.69, 9.17) is 9.63 Å². The molecule has 4 nitrogen and oxygen atoms in total. The lowest BCUT2D eigenvalue weighted by Crippen LogP contribution is -2.13. The summed E-state index contributed by atoms with van der Waals surface area (Å²) in [7, 11) is -2.46. The van der Waals surface area contributed by atoms with Crippen LogP contribution in [0.3, 0.4) is 0 Å². The van der Waals surface area contributed by atoms with Crippen molar-refractivity contribution >= 4 is 8.25 Å². The Morgan fingerprint density at radius 3 is 2.91 bits per heavy atom. The van der Waals surface area contributed by atoms with Crippen molar-refractivity contribution in [3.8, 4) is 0 Å². The number of hydrogen-bond acceptors (Lipinski definition) is 3. The van der Waals surface area contributed by atoms with E-state index in [0.29, 0.717) is 0 Å². The Labute approximate surface area is 66.5 Å². The molecule has 0 radical (unpaired) electrons. The molecule has 0 aromatic carbocycles. The zero-order valence-corrected chi connectivity index (χ0v) is 7.29. The maximum Gasteiger partial charge on any atom is 0.694 e. The molecule has 0 aromatic heterocycles. The van der Waals surface area contributed by atoms with E-state index in [1.54, 1.807) is 0 Å². The molecule has 3 unspecified atom stereocenters. The van der Waals surface area contributed by atoms with Crippen LogP contribution in [0, 0.1) is 0 Å². The Hall–Kier alpha value is -0.0200. The summed E-state index contributed by atoms with van der Waals surface area (Å²) < 4.78 is 20.0. The number of hydrogen-bond donors (Lipinski definition) is 1. The monoisotopic (exact) mass is 179 g/mol. The molecule has 5 heteroatoms. The van der Waals surface area contributed by atoms with Gasteiger partial charge in [-0.25, -0.2) is 0 Å². The van der Waals surface area contributed by atoms with Crippen molar-refractivity contribution in [1.82, 2.24) is 0 Å². The summed E-state index contributed by atoms with van der Waals surface area (Å²) in [5, 5.41) is 0. The maximum absolute atomic E-state index is 10.1. The minimum atomic E-state index is -2.46. The molecular weight excluding hydrogens is 167 g/mol. The van der Waals surface area contributed by atoms with Crippen molar-refractivity contribution in [2.45, 2.75) is 32.0 Å². The van der Waals surface area contributed by atoms with Crippen molar-refractivity contribution in [3.05, 3.63) is 0 Å². The van der Waals surface area contributed by atoms with Crippen LogP contribution in [0.25, 0.3) is 0 Å². The molecule has 1 rings (SSSR count). The Balaban J connectivity index is 2.13.